The van der Waals surface area contributed by atoms with Crippen molar-refractivity contribution in [1.29, 1.82) is 0 Å². The van der Waals surface area contributed by atoms with Crippen molar-refractivity contribution < 1.29 is 14.3 Å². The average molecular weight is 371 g/mol. The van der Waals surface area contributed by atoms with Crippen LogP contribution < -0.4 is 16.0 Å². The Morgan fingerprint density at radius 3 is 2.93 bits per heavy atom. The average Bonchev–Trinajstić information content (AvgIpc) is 3.33. The molecule has 2 atom stereocenters. The van der Waals surface area contributed by atoms with E-state index in [1.54, 1.807) is 17.9 Å². The van der Waals surface area contributed by atoms with Crippen LogP contribution in [0.1, 0.15) is 30.0 Å². The molecule has 1 aromatic carbocycles. The molecule has 2 heterocycles. The third kappa shape index (κ3) is 4.93. The minimum Gasteiger partial charge on any atom is -0.368 e. The van der Waals surface area contributed by atoms with Crippen molar-refractivity contribution in [3.8, 4) is 0 Å². The first kappa shape index (κ1) is 19.1. The molecule has 1 saturated heterocycles. The van der Waals surface area contributed by atoms with Gasteiger partial charge in [0.05, 0.1) is 6.20 Å². The van der Waals surface area contributed by atoms with Crippen LogP contribution in [-0.2, 0) is 27.9 Å². The summed E-state index contributed by atoms with van der Waals surface area (Å²) in [6.07, 6.45) is 4.77. The fraction of sp³-hybridized carbons (Fsp3) is 0.421. The van der Waals surface area contributed by atoms with Crippen molar-refractivity contribution in [1.82, 2.24) is 20.4 Å². The number of hydrogen-bond donors (Lipinski definition) is 3. The summed E-state index contributed by atoms with van der Waals surface area (Å²) in [5.41, 5.74) is 2.39. The second-order valence-corrected chi connectivity index (χ2v) is 6.58. The number of hydrogen-bond acceptors (Lipinski definition) is 5. The predicted octanol–water partition coefficient (Wildman–Crippen LogP) is 1.11. The number of amides is 2. The maximum atomic E-state index is 12.5. The lowest BCUT2D eigenvalue weighted by atomic mass is 10.1. The number of aryl methyl sites for hydroxylation is 1. The highest BCUT2D eigenvalue weighted by Crippen LogP contribution is 2.17. The lowest BCUT2D eigenvalue weighted by Gasteiger charge is -2.15. The monoisotopic (exact) mass is 371 g/mol. The van der Waals surface area contributed by atoms with Gasteiger partial charge in [0.1, 0.15) is 12.1 Å². The highest BCUT2D eigenvalue weighted by molar-refractivity contribution is 5.94. The molecule has 0 bridgehead atoms. The number of rotatable bonds is 7. The third-order valence-corrected chi connectivity index (χ3v) is 4.49. The van der Waals surface area contributed by atoms with Crippen LogP contribution in [0.5, 0.6) is 0 Å². The van der Waals surface area contributed by atoms with Crippen LogP contribution in [0.25, 0.3) is 0 Å². The van der Waals surface area contributed by atoms with Crippen molar-refractivity contribution in [3.05, 3.63) is 47.8 Å². The lowest BCUT2D eigenvalue weighted by Crippen LogP contribution is -2.35. The van der Waals surface area contributed by atoms with Crippen LogP contribution in [0.4, 0.5) is 5.69 Å². The fourth-order valence-electron chi connectivity index (χ4n) is 3.10. The Kier molecular flexibility index (Phi) is 6.20. The molecule has 0 spiro atoms. The number of aromatic nitrogens is 2. The molecule has 0 aliphatic carbocycles. The van der Waals surface area contributed by atoms with E-state index < -0.39 is 6.04 Å². The van der Waals surface area contributed by atoms with Gasteiger partial charge in [0, 0.05) is 37.6 Å². The number of carbonyl (C=O) groups excluding carboxylic acids is 2. The smallest absolute Gasteiger partial charge is 0.253 e. The molecule has 2 unspecified atom stereocenters. The van der Waals surface area contributed by atoms with E-state index in [9.17, 15) is 9.59 Å². The quantitative estimate of drug-likeness (QED) is 0.678. The van der Waals surface area contributed by atoms with E-state index >= 15 is 0 Å². The Hall–Kier alpha value is -2.71. The lowest BCUT2D eigenvalue weighted by molar-refractivity contribution is -0.125. The Bertz CT molecular complexity index is 798. The summed E-state index contributed by atoms with van der Waals surface area (Å²) in [6.45, 7) is 0.995. The van der Waals surface area contributed by atoms with Gasteiger partial charge in [0.15, 0.2) is 0 Å². The van der Waals surface area contributed by atoms with Gasteiger partial charge in [0.25, 0.3) is 5.91 Å². The van der Waals surface area contributed by atoms with Gasteiger partial charge in [-0.05, 0) is 37.6 Å². The first-order valence-corrected chi connectivity index (χ1v) is 9.02. The van der Waals surface area contributed by atoms with Gasteiger partial charge < -0.3 is 20.7 Å². The first-order chi connectivity index (χ1) is 13.1. The van der Waals surface area contributed by atoms with Crippen molar-refractivity contribution >= 4 is 17.5 Å². The van der Waals surface area contributed by atoms with E-state index in [1.165, 1.54) is 0 Å². The SMILES string of the molecule is CNC(C(=O)NCc1cccc(NC(=O)C2CCCO2)c1)c1cnn(C)c1. The zero-order chi connectivity index (χ0) is 19.2. The number of likely N-dealkylation sites (N-methyl/N-ethyl adjacent to an activating group) is 1. The number of nitrogens with one attached hydrogen (secondary N) is 3. The normalized spacial score (nSPS) is 17.5. The van der Waals surface area contributed by atoms with Crippen LogP contribution in [0, 0.1) is 0 Å². The summed E-state index contributed by atoms with van der Waals surface area (Å²) in [6, 6.07) is 6.96. The van der Waals surface area contributed by atoms with Gasteiger partial charge in [-0.1, -0.05) is 12.1 Å². The van der Waals surface area contributed by atoms with Gasteiger partial charge in [-0.3, -0.25) is 14.3 Å². The molecule has 3 N–H and O–H groups in total. The summed E-state index contributed by atoms with van der Waals surface area (Å²) in [7, 11) is 3.54. The number of benzene rings is 1. The van der Waals surface area contributed by atoms with E-state index in [-0.39, 0.29) is 17.9 Å². The standard InChI is InChI=1S/C19H25N5O3/c1-20-17(14-11-22-24(2)12-14)19(26)21-10-13-5-3-6-15(9-13)23-18(25)16-7-4-8-27-16/h3,5-6,9,11-12,16-17,20H,4,7-8,10H2,1-2H3,(H,21,26)(H,23,25). The molecule has 1 fully saturated rings. The van der Waals surface area contributed by atoms with Crippen LogP contribution in [0.2, 0.25) is 0 Å². The summed E-state index contributed by atoms with van der Waals surface area (Å²) in [5, 5.41) is 12.9. The van der Waals surface area contributed by atoms with Crippen molar-refractivity contribution in [3.63, 3.8) is 0 Å². The van der Waals surface area contributed by atoms with Gasteiger partial charge in [0.2, 0.25) is 5.91 Å². The second kappa shape index (κ2) is 8.79. The van der Waals surface area contributed by atoms with Crippen molar-refractivity contribution in [2.24, 2.45) is 7.05 Å². The number of anilines is 1. The minimum atomic E-state index is -0.471. The molecule has 3 rings (SSSR count). The van der Waals surface area contributed by atoms with Crippen LogP contribution in [-0.4, -0.2) is 41.4 Å². The molecule has 2 amide bonds. The molecular weight excluding hydrogens is 346 g/mol. The highest BCUT2D eigenvalue weighted by Gasteiger charge is 2.23. The summed E-state index contributed by atoms with van der Waals surface area (Å²) < 4.78 is 7.06. The fourth-order valence-corrected chi connectivity index (χ4v) is 3.10. The molecule has 27 heavy (non-hydrogen) atoms. The second-order valence-electron chi connectivity index (χ2n) is 6.58. The highest BCUT2D eigenvalue weighted by atomic mass is 16.5. The van der Waals surface area contributed by atoms with Gasteiger partial charge in [-0.15, -0.1) is 0 Å². The Balaban J connectivity index is 1.57. The molecular formula is C19H25N5O3. The number of carbonyl (C=O) groups is 2. The maximum Gasteiger partial charge on any atom is 0.253 e. The van der Waals surface area contributed by atoms with E-state index in [0.717, 1.165) is 24.0 Å². The van der Waals surface area contributed by atoms with Crippen LogP contribution >= 0.6 is 0 Å². The van der Waals surface area contributed by atoms with E-state index in [0.29, 0.717) is 18.8 Å². The van der Waals surface area contributed by atoms with Crippen molar-refractivity contribution in [2.75, 3.05) is 19.0 Å². The molecule has 1 aliphatic heterocycles. The van der Waals surface area contributed by atoms with Gasteiger partial charge in [-0.2, -0.15) is 5.10 Å². The number of nitrogens with zero attached hydrogens (tertiary/aromatic N) is 2. The van der Waals surface area contributed by atoms with Crippen LogP contribution in [0.3, 0.4) is 0 Å². The van der Waals surface area contributed by atoms with E-state index in [4.69, 9.17) is 4.74 Å². The molecule has 1 aromatic heterocycles. The zero-order valence-electron chi connectivity index (χ0n) is 15.6. The number of ether oxygens (including phenoxy) is 1. The summed E-state index contributed by atoms with van der Waals surface area (Å²) in [4.78, 5) is 24.7. The predicted molar refractivity (Wildman–Crippen MR) is 101 cm³/mol. The first-order valence-electron chi connectivity index (χ1n) is 9.02. The Morgan fingerprint density at radius 1 is 1.41 bits per heavy atom. The molecule has 8 nitrogen and oxygen atoms in total. The topological polar surface area (TPSA) is 97.3 Å². The minimum absolute atomic E-state index is 0.125. The zero-order valence-corrected chi connectivity index (χ0v) is 15.6. The molecule has 144 valence electrons. The summed E-state index contributed by atoms with van der Waals surface area (Å²) in [5.74, 6) is -0.264. The molecule has 2 aromatic rings. The van der Waals surface area contributed by atoms with Gasteiger partial charge in [-0.25, -0.2) is 0 Å². The Labute approximate surface area is 158 Å². The molecule has 0 saturated carbocycles. The third-order valence-electron chi connectivity index (χ3n) is 4.49. The maximum absolute atomic E-state index is 12.5. The Morgan fingerprint density at radius 2 is 2.26 bits per heavy atom. The largest absolute Gasteiger partial charge is 0.368 e. The van der Waals surface area contributed by atoms with Gasteiger partial charge >= 0.3 is 0 Å². The molecule has 0 radical (unpaired) electrons. The molecule has 1 aliphatic rings. The van der Waals surface area contributed by atoms with Crippen LogP contribution in [0.15, 0.2) is 36.7 Å². The summed E-state index contributed by atoms with van der Waals surface area (Å²) >= 11 is 0. The van der Waals surface area contributed by atoms with Crippen molar-refractivity contribution in [2.45, 2.75) is 31.5 Å². The van der Waals surface area contributed by atoms with E-state index in [1.807, 2.05) is 37.5 Å². The molecule has 8 heteroatoms. The van der Waals surface area contributed by atoms with E-state index in [2.05, 4.69) is 21.0 Å².